The molecule has 10 nitrogen and oxygen atoms in total. The monoisotopic (exact) mass is 521 g/mol. The number of pyridine rings is 2. The van der Waals surface area contributed by atoms with Crippen LogP contribution in [0, 0.1) is 0 Å². The summed E-state index contributed by atoms with van der Waals surface area (Å²) in [6.45, 7) is 4.63. The van der Waals surface area contributed by atoms with Crippen LogP contribution in [0.1, 0.15) is 23.2 Å². The van der Waals surface area contributed by atoms with Gasteiger partial charge >= 0.3 is 0 Å². The SMILES string of the molecule is Cn1c2cc(Cl)ccc2n2c3nc(N4CCNC(=O)C4)ccc3c(=O)c(C(=O)NCCN3CCCC3)c12. The van der Waals surface area contributed by atoms with Crippen molar-refractivity contribution in [2.75, 3.05) is 50.7 Å². The second-order valence-electron chi connectivity index (χ2n) is 9.67. The normalized spacial score (nSPS) is 16.7. The number of piperazine rings is 1. The molecule has 2 saturated heterocycles. The molecule has 2 N–H and O–H groups in total. The van der Waals surface area contributed by atoms with E-state index in [-0.39, 0.29) is 23.4 Å². The molecule has 11 heteroatoms. The van der Waals surface area contributed by atoms with Gasteiger partial charge < -0.3 is 25.0 Å². The zero-order valence-electron chi connectivity index (χ0n) is 20.6. The first-order chi connectivity index (χ1) is 17.9. The molecule has 0 spiro atoms. The number of anilines is 1. The van der Waals surface area contributed by atoms with Gasteiger partial charge in [0.1, 0.15) is 17.0 Å². The first-order valence-electron chi connectivity index (χ1n) is 12.6. The van der Waals surface area contributed by atoms with E-state index < -0.39 is 5.91 Å². The van der Waals surface area contributed by atoms with Gasteiger partial charge in [-0.15, -0.1) is 0 Å². The number of carbonyl (C=O) groups excluding carboxylic acids is 2. The molecule has 0 aliphatic carbocycles. The van der Waals surface area contributed by atoms with Crippen molar-refractivity contribution in [2.45, 2.75) is 12.8 Å². The maximum absolute atomic E-state index is 13.8. The van der Waals surface area contributed by atoms with Crippen molar-refractivity contribution >= 4 is 56.9 Å². The highest BCUT2D eigenvalue weighted by atomic mass is 35.5. The zero-order chi connectivity index (χ0) is 25.7. The van der Waals surface area contributed by atoms with Gasteiger partial charge in [0, 0.05) is 38.2 Å². The number of aryl methyl sites for hydroxylation is 1. The quantitative estimate of drug-likeness (QED) is 0.415. The van der Waals surface area contributed by atoms with Gasteiger partial charge in [0.15, 0.2) is 5.65 Å². The van der Waals surface area contributed by atoms with E-state index in [0.717, 1.165) is 30.7 Å². The van der Waals surface area contributed by atoms with Crippen LogP contribution in [0.3, 0.4) is 0 Å². The van der Waals surface area contributed by atoms with Crippen LogP contribution in [-0.4, -0.2) is 76.5 Å². The predicted molar refractivity (Wildman–Crippen MR) is 144 cm³/mol. The average molecular weight is 522 g/mol. The fourth-order valence-corrected chi connectivity index (χ4v) is 5.65. The molecule has 6 rings (SSSR count). The number of hydrogen-bond acceptors (Lipinski definition) is 6. The molecule has 2 fully saturated rings. The number of hydrogen-bond donors (Lipinski definition) is 2. The third-order valence-electron chi connectivity index (χ3n) is 7.34. The van der Waals surface area contributed by atoms with Crippen molar-refractivity contribution < 1.29 is 9.59 Å². The predicted octanol–water partition coefficient (Wildman–Crippen LogP) is 1.75. The lowest BCUT2D eigenvalue weighted by Crippen LogP contribution is -2.48. The van der Waals surface area contributed by atoms with Crippen LogP contribution in [0.25, 0.3) is 27.7 Å². The number of benzene rings is 1. The van der Waals surface area contributed by atoms with E-state index in [9.17, 15) is 14.4 Å². The molecule has 1 aromatic carbocycles. The summed E-state index contributed by atoms with van der Waals surface area (Å²) in [5.41, 5.74) is 2.14. The van der Waals surface area contributed by atoms with Crippen LogP contribution in [0.2, 0.25) is 5.02 Å². The van der Waals surface area contributed by atoms with Crippen molar-refractivity contribution in [3.63, 3.8) is 0 Å². The molecule has 5 heterocycles. The van der Waals surface area contributed by atoms with Crippen molar-refractivity contribution in [3.8, 4) is 0 Å². The Labute approximate surface area is 217 Å². The Bertz CT molecular complexity index is 1620. The topological polar surface area (TPSA) is 104 Å². The van der Waals surface area contributed by atoms with E-state index in [1.54, 1.807) is 18.2 Å². The Morgan fingerprint density at radius 2 is 1.92 bits per heavy atom. The van der Waals surface area contributed by atoms with Crippen LogP contribution in [0.5, 0.6) is 0 Å². The molecule has 0 bridgehead atoms. The highest BCUT2D eigenvalue weighted by molar-refractivity contribution is 6.31. The fourth-order valence-electron chi connectivity index (χ4n) is 5.49. The van der Waals surface area contributed by atoms with E-state index in [4.69, 9.17) is 16.6 Å². The minimum absolute atomic E-state index is 0.0730. The number of amides is 2. The lowest BCUT2D eigenvalue weighted by molar-refractivity contribution is -0.120. The summed E-state index contributed by atoms with van der Waals surface area (Å²) in [5, 5.41) is 6.68. The van der Waals surface area contributed by atoms with Crippen molar-refractivity contribution in [1.82, 2.24) is 29.5 Å². The van der Waals surface area contributed by atoms with Crippen molar-refractivity contribution in [1.29, 1.82) is 0 Å². The molecule has 4 aromatic rings. The summed E-state index contributed by atoms with van der Waals surface area (Å²) in [4.78, 5) is 48.3. The highest BCUT2D eigenvalue weighted by Crippen LogP contribution is 2.28. The molecule has 2 aliphatic rings. The molecule has 3 aromatic heterocycles. The number of halogens is 1. The second kappa shape index (κ2) is 9.35. The molecule has 0 saturated carbocycles. The Hall–Kier alpha value is -3.63. The Kier molecular flexibility index (Phi) is 6.00. The van der Waals surface area contributed by atoms with Crippen molar-refractivity contribution in [3.05, 3.63) is 51.1 Å². The van der Waals surface area contributed by atoms with Crippen LogP contribution >= 0.6 is 11.6 Å². The molecular formula is C26H28ClN7O3. The number of likely N-dealkylation sites (tertiary alicyclic amines) is 1. The minimum Gasteiger partial charge on any atom is -0.353 e. The van der Waals surface area contributed by atoms with Crippen LogP contribution in [-0.2, 0) is 11.8 Å². The number of fused-ring (bicyclic) bond motifs is 5. The number of nitrogens with zero attached hydrogens (tertiary/aromatic N) is 5. The smallest absolute Gasteiger partial charge is 0.259 e. The van der Waals surface area contributed by atoms with Gasteiger partial charge in [-0.05, 0) is 56.3 Å². The number of imidazole rings is 1. The Morgan fingerprint density at radius 3 is 2.70 bits per heavy atom. The largest absolute Gasteiger partial charge is 0.353 e. The Morgan fingerprint density at radius 1 is 1.11 bits per heavy atom. The second-order valence-corrected chi connectivity index (χ2v) is 10.1. The number of rotatable bonds is 5. The van der Waals surface area contributed by atoms with E-state index in [1.807, 2.05) is 33.0 Å². The molecule has 0 unspecified atom stereocenters. The lowest BCUT2D eigenvalue weighted by Gasteiger charge is -2.27. The van der Waals surface area contributed by atoms with E-state index in [0.29, 0.717) is 47.2 Å². The molecule has 37 heavy (non-hydrogen) atoms. The average Bonchev–Trinajstić information content (AvgIpc) is 3.51. The number of aromatic nitrogens is 3. The number of nitrogens with one attached hydrogen (secondary N) is 2. The molecule has 2 amide bonds. The molecular weight excluding hydrogens is 494 g/mol. The standard InChI is InChI=1S/C26H28ClN7O3/c1-31-19-14-16(27)4-6-18(19)34-24-17(5-7-20(30-24)33-13-9-28-21(35)15-33)23(36)22(26(31)34)25(37)29-8-12-32-10-2-3-11-32/h4-7,14H,2-3,8-13,15H2,1H3,(H,28,35)(H,29,37). The summed E-state index contributed by atoms with van der Waals surface area (Å²) in [6, 6.07) is 8.91. The third kappa shape index (κ3) is 4.10. The molecule has 192 valence electrons. The third-order valence-corrected chi connectivity index (χ3v) is 7.57. The van der Waals surface area contributed by atoms with Crippen LogP contribution in [0.4, 0.5) is 5.82 Å². The molecule has 0 atom stereocenters. The summed E-state index contributed by atoms with van der Waals surface area (Å²) in [6.07, 6.45) is 2.35. The van der Waals surface area contributed by atoms with E-state index in [1.165, 1.54) is 12.8 Å². The van der Waals surface area contributed by atoms with Gasteiger partial charge in [0.2, 0.25) is 11.3 Å². The van der Waals surface area contributed by atoms with Gasteiger partial charge in [-0.25, -0.2) is 4.98 Å². The summed E-state index contributed by atoms with van der Waals surface area (Å²) in [5.74, 6) is 0.123. The van der Waals surface area contributed by atoms with Crippen LogP contribution < -0.4 is 21.0 Å². The summed E-state index contributed by atoms with van der Waals surface area (Å²) < 4.78 is 3.67. The van der Waals surface area contributed by atoms with Crippen molar-refractivity contribution in [2.24, 2.45) is 7.05 Å². The van der Waals surface area contributed by atoms with Crippen LogP contribution in [0.15, 0.2) is 35.1 Å². The Balaban J connectivity index is 1.53. The lowest BCUT2D eigenvalue weighted by atomic mass is 10.1. The maximum atomic E-state index is 13.8. The number of carbonyl (C=O) groups is 2. The first kappa shape index (κ1) is 23.7. The van der Waals surface area contributed by atoms with Gasteiger partial charge in [0.05, 0.1) is 23.0 Å². The highest BCUT2D eigenvalue weighted by Gasteiger charge is 2.26. The minimum atomic E-state index is -0.405. The van der Waals surface area contributed by atoms with Gasteiger partial charge in [-0.3, -0.25) is 18.8 Å². The molecule has 2 aliphatic heterocycles. The zero-order valence-corrected chi connectivity index (χ0v) is 21.3. The maximum Gasteiger partial charge on any atom is 0.259 e. The van der Waals surface area contributed by atoms with E-state index >= 15 is 0 Å². The fraction of sp³-hybridized carbons (Fsp3) is 0.385. The van der Waals surface area contributed by atoms with Gasteiger partial charge in [-0.2, -0.15) is 0 Å². The van der Waals surface area contributed by atoms with Gasteiger partial charge in [0.25, 0.3) is 5.91 Å². The summed E-state index contributed by atoms with van der Waals surface area (Å²) >= 11 is 6.31. The van der Waals surface area contributed by atoms with Gasteiger partial charge in [-0.1, -0.05) is 11.6 Å². The molecule has 0 radical (unpaired) electrons. The summed E-state index contributed by atoms with van der Waals surface area (Å²) in [7, 11) is 1.82. The first-order valence-corrected chi connectivity index (χ1v) is 13.0. The van der Waals surface area contributed by atoms with E-state index in [2.05, 4.69) is 15.5 Å².